The van der Waals surface area contributed by atoms with E-state index in [1.54, 1.807) is 0 Å². The van der Waals surface area contributed by atoms with E-state index in [1.807, 2.05) is 0 Å². The summed E-state index contributed by atoms with van der Waals surface area (Å²) < 4.78 is 1.16. The second-order valence-electron chi connectivity index (χ2n) is 5.20. The molecule has 2 unspecified atom stereocenters. The number of hydrogen-bond acceptors (Lipinski definition) is 1. The van der Waals surface area contributed by atoms with Crippen molar-refractivity contribution in [1.82, 2.24) is 5.32 Å². The van der Waals surface area contributed by atoms with Crippen LogP contribution in [0.4, 0.5) is 0 Å². The van der Waals surface area contributed by atoms with Gasteiger partial charge in [-0.1, -0.05) is 55.3 Å². The van der Waals surface area contributed by atoms with Crippen molar-refractivity contribution in [2.75, 3.05) is 13.1 Å². The summed E-state index contributed by atoms with van der Waals surface area (Å²) in [6.07, 6.45) is 3.74. The summed E-state index contributed by atoms with van der Waals surface area (Å²) in [5, 5.41) is 3.57. The van der Waals surface area contributed by atoms with Crippen molar-refractivity contribution in [3.05, 3.63) is 34.3 Å². The predicted octanol–water partition coefficient (Wildman–Crippen LogP) is 4.97. The summed E-state index contributed by atoms with van der Waals surface area (Å²) >= 11 is 3.51. The van der Waals surface area contributed by atoms with Crippen LogP contribution in [0.5, 0.6) is 0 Å². The van der Waals surface area contributed by atoms with Crippen LogP contribution in [0.3, 0.4) is 0 Å². The van der Waals surface area contributed by atoms with E-state index >= 15 is 0 Å². The minimum absolute atomic E-state index is 0.639. The van der Waals surface area contributed by atoms with Crippen molar-refractivity contribution >= 4 is 15.9 Å². The number of benzene rings is 1. The molecular formula is C16H26BrN. The fraction of sp³-hybridized carbons (Fsp3) is 0.625. The molecule has 2 heteroatoms. The Hall–Kier alpha value is -0.340. The summed E-state index contributed by atoms with van der Waals surface area (Å²) in [7, 11) is 0. The van der Waals surface area contributed by atoms with Gasteiger partial charge < -0.3 is 5.32 Å². The molecule has 0 saturated carbocycles. The lowest BCUT2D eigenvalue weighted by Crippen LogP contribution is -2.23. The molecule has 0 aromatic heterocycles. The van der Waals surface area contributed by atoms with E-state index in [9.17, 15) is 0 Å². The van der Waals surface area contributed by atoms with Crippen LogP contribution < -0.4 is 5.32 Å². The molecular weight excluding hydrogens is 286 g/mol. The molecule has 0 radical (unpaired) electrons. The molecule has 1 aromatic rings. The zero-order valence-corrected chi connectivity index (χ0v) is 13.5. The lowest BCUT2D eigenvalue weighted by atomic mass is 9.88. The molecule has 0 heterocycles. The van der Waals surface area contributed by atoms with Gasteiger partial charge in [0.15, 0.2) is 0 Å². The third-order valence-corrected chi connectivity index (χ3v) is 4.07. The third-order valence-electron chi connectivity index (χ3n) is 3.54. The Bertz CT molecular complexity index is 320. The zero-order valence-electron chi connectivity index (χ0n) is 11.9. The minimum Gasteiger partial charge on any atom is -0.316 e. The van der Waals surface area contributed by atoms with E-state index in [0.717, 1.165) is 23.5 Å². The largest absolute Gasteiger partial charge is 0.316 e. The van der Waals surface area contributed by atoms with Crippen LogP contribution in [-0.4, -0.2) is 13.1 Å². The van der Waals surface area contributed by atoms with Crippen molar-refractivity contribution in [1.29, 1.82) is 0 Å². The smallest absolute Gasteiger partial charge is 0.0175 e. The van der Waals surface area contributed by atoms with Gasteiger partial charge in [0, 0.05) is 11.0 Å². The number of hydrogen-bond donors (Lipinski definition) is 1. The highest BCUT2D eigenvalue weighted by molar-refractivity contribution is 9.10. The molecule has 1 N–H and O–H groups in total. The van der Waals surface area contributed by atoms with Crippen LogP contribution in [-0.2, 0) is 0 Å². The molecule has 102 valence electrons. The predicted molar refractivity (Wildman–Crippen MR) is 84.1 cm³/mol. The summed E-state index contributed by atoms with van der Waals surface area (Å²) in [6, 6.07) is 8.81. The molecule has 1 aromatic carbocycles. The molecule has 0 saturated heterocycles. The van der Waals surface area contributed by atoms with Gasteiger partial charge in [-0.05, 0) is 48.9 Å². The summed E-state index contributed by atoms with van der Waals surface area (Å²) in [4.78, 5) is 0. The van der Waals surface area contributed by atoms with E-state index in [-0.39, 0.29) is 0 Å². The maximum Gasteiger partial charge on any atom is 0.0175 e. The van der Waals surface area contributed by atoms with Gasteiger partial charge in [0.1, 0.15) is 0 Å². The number of rotatable bonds is 8. The molecule has 0 amide bonds. The first-order valence-corrected chi connectivity index (χ1v) is 7.92. The van der Waals surface area contributed by atoms with E-state index < -0.39 is 0 Å². The lowest BCUT2D eigenvalue weighted by molar-refractivity contribution is 0.436. The normalized spacial score (nSPS) is 14.4. The highest BCUT2D eigenvalue weighted by atomic mass is 79.9. The monoisotopic (exact) mass is 311 g/mol. The van der Waals surface area contributed by atoms with Gasteiger partial charge in [0.05, 0.1) is 0 Å². The molecule has 0 aliphatic rings. The van der Waals surface area contributed by atoms with Gasteiger partial charge in [-0.2, -0.15) is 0 Å². The van der Waals surface area contributed by atoms with Gasteiger partial charge in [-0.25, -0.2) is 0 Å². The third kappa shape index (κ3) is 5.53. The second kappa shape index (κ2) is 8.71. The van der Waals surface area contributed by atoms with Crippen molar-refractivity contribution < 1.29 is 0 Å². The number of halogens is 1. The SMILES string of the molecule is CCCNCC(CC(C)CC)c1ccc(Br)cc1. The average molecular weight is 312 g/mol. The van der Waals surface area contributed by atoms with Crippen molar-refractivity contribution in [3.8, 4) is 0 Å². The van der Waals surface area contributed by atoms with E-state index in [4.69, 9.17) is 0 Å². The summed E-state index contributed by atoms with van der Waals surface area (Å²) in [6.45, 7) is 9.07. The molecule has 18 heavy (non-hydrogen) atoms. The zero-order chi connectivity index (χ0) is 13.4. The van der Waals surface area contributed by atoms with E-state index in [1.165, 1.54) is 24.8 Å². The molecule has 2 atom stereocenters. The highest BCUT2D eigenvalue weighted by Gasteiger charge is 2.14. The van der Waals surface area contributed by atoms with Crippen molar-refractivity contribution in [2.45, 2.75) is 46.0 Å². The van der Waals surface area contributed by atoms with Gasteiger partial charge >= 0.3 is 0 Å². The van der Waals surface area contributed by atoms with Gasteiger partial charge in [-0.3, -0.25) is 0 Å². The fourth-order valence-electron chi connectivity index (χ4n) is 2.18. The fourth-order valence-corrected chi connectivity index (χ4v) is 2.44. The Labute approximate surface area is 120 Å². The highest BCUT2D eigenvalue weighted by Crippen LogP contribution is 2.26. The van der Waals surface area contributed by atoms with Crippen LogP contribution in [0, 0.1) is 5.92 Å². The first-order chi connectivity index (χ1) is 8.67. The summed E-state index contributed by atoms with van der Waals surface area (Å²) in [5.41, 5.74) is 1.46. The standard InChI is InChI=1S/C16H26BrN/c1-4-10-18-12-15(11-13(3)5-2)14-6-8-16(17)9-7-14/h6-9,13,15,18H,4-5,10-12H2,1-3H3. The Kier molecular flexibility index (Phi) is 7.60. The molecule has 0 bridgehead atoms. The second-order valence-corrected chi connectivity index (χ2v) is 6.12. The van der Waals surface area contributed by atoms with Gasteiger partial charge in [-0.15, -0.1) is 0 Å². The van der Waals surface area contributed by atoms with Crippen molar-refractivity contribution in [2.24, 2.45) is 5.92 Å². The Balaban J connectivity index is 2.66. The van der Waals surface area contributed by atoms with E-state index in [2.05, 4.69) is 66.3 Å². The number of nitrogens with one attached hydrogen (secondary N) is 1. The lowest BCUT2D eigenvalue weighted by Gasteiger charge is -2.21. The molecule has 1 nitrogen and oxygen atoms in total. The maximum absolute atomic E-state index is 3.57. The Morgan fingerprint density at radius 2 is 1.83 bits per heavy atom. The first-order valence-electron chi connectivity index (χ1n) is 7.13. The molecule has 0 fully saturated rings. The van der Waals surface area contributed by atoms with Crippen molar-refractivity contribution in [3.63, 3.8) is 0 Å². The van der Waals surface area contributed by atoms with E-state index in [0.29, 0.717) is 5.92 Å². The van der Waals surface area contributed by atoms with Crippen LogP contribution in [0.15, 0.2) is 28.7 Å². The van der Waals surface area contributed by atoms with Crippen LogP contribution in [0.25, 0.3) is 0 Å². The van der Waals surface area contributed by atoms with Gasteiger partial charge in [0.2, 0.25) is 0 Å². The first kappa shape index (κ1) is 15.7. The Morgan fingerprint density at radius 1 is 1.17 bits per heavy atom. The topological polar surface area (TPSA) is 12.0 Å². The quantitative estimate of drug-likeness (QED) is 0.668. The maximum atomic E-state index is 3.57. The Morgan fingerprint density at radius 3 is 2.39 bits per heavy atom. The minimum atomic E-state index is 0.639. The molecule has 0 aliphatic carbocycles. The molecule has 0 aliphatic heterocycles. The average Bonchev–Trinajstić information content (AvgIpc) is 2.38. The van der Waals surface area contributed by atoms with Crippen LogP contribution in [0.1, 0.15) is 51.5 Å². The molecule has 0 spiro atoms. The summed E-state index contributed by atoms with van der Waals surface area (Å²) in [5.74, 6) is 1.43. The van der Waals surface area contributed by atoms with Gasteiger partial charge in [0.25, 0.3) is 0 Å². The molecule has 1 rings (SSSR count). The van der Waals surface area contributed by atoms with Crippen LogP contribution >= 0.6 is 15.9 Å². The van der Waals surface area contributed by atoms with Crippen LogP contribution in [0.2, 0.25) is 0 Å².